The molecule has 4 heteroatoms. The van der Waals surface area contributed by atoms with Crippen molar-refractivity contribution in [3.63, 3.8) is 0 Å². The molecule has 0 aliphatic heterocycles. The summed E-state index contributed by atoms with van der Waals surface area (Å²) in [6, 6.07) is 0. The maximum absolute atomic E-state index is 13.1. The number of hydrogen-bond donors (Lipinski definition) is 0. The highest BCUT2D eigenvalue weighted by atomic mass is 16.5. The highest BCUT2D eigenvalue weighted by Gasteiger charge is 2.66. The van der Waals surface area contributed by atoms with Gasteiger partial charge in [0, 0.05) is 18.3 Å². The Morgan fingerprint density at radius 3 is 2.35 bits per heavy atom. The molecule has 37 heavy (non-hydrogen) atoms. The van der Waals surface area contributed by atoms with Gasteiger partial charge in [-0.25, -0.2) is 0 Å². The summed E-state index contributed by atoms with van der Waals surface area (Å²) in [6.07, 6.45) is 14.7. The fourth-order valence-electron chi connectivity index (χ4n) is 9.58. The molecule has 0 N–H and O–H groups in total. The summed E-state index contributed by atoms with van der Waals surface area (Å²) >= 11 is 0. The number of unbranched alkanes of at least 4 members (excludes halogenated alkanes) is 6. The Morgan fingerprint density at radius 2 is 1.68 bits per heavy atom. The van der Waals surface area contributed by atoms with Crippen LogP contribution >= 0.6 is 0 Å². The molecule has 4 aliphatic rings. The van der Waals surface area contributed by atoms with Crippen LogP contribution in [0.15, 0.2) is 11.1 Å². The average molecular weight is 513 g/mol. The first-order valence-corrected chi connectivity index (χ1v) is 15.5. The van der Waals surface area contributed by atoms with Crippen LogP contribution in [0.3, 0.4) is 0 Å². The van der Waals surface area contributed by atoms with E-state index in [1.54, 1.807) is 0 Å². The van der Waals surface area contributed by atoms with Gasteiger partial charge in [-0.2, -0.15) is 0 Å². The molecular formula is C33H52O4. The minimum absolute atomic E-state index is 0.00535. The zero-order valence-electron chi connectivity index (χ0n) is 24.4. The molecule has 0 radical (unpaired) electrons. The molecule has 0 saturated heterocycles. The lowest BCUT2D eigenvalue weighted by atomic mass is 9.40. The fraction of sp³-hybridized carbons (Fsp3) is 0.848. The number of rotatable bonds is 10. The van der Waals surface area contributed by atoms with Crippen molar-refractivity contribution in [2.45, 2.75) is 131 Å². The highest BCUT2D eigenvalue weighted by molar-refractivity contribution is 5.99. The van der Waals surface area contributed by atoms with Crippen LogP contribution in [0.2, 0.25) is 0 Å². The molecule has 3 saturated carbocycles. The molecule has 0 heterocycles. The Kier molecular flexibility index (Phi) is 8.76. The quantitative estimate of drug-likeness (QED) is 0.170. The third-order valence-corrected chi connectivity index (χ3v) is 11.8. The number of esters is 1. The van der Waals surface area contributed by atoms with Crippen LogP contribution < -0.4 is 0 Å². The van der Waals surface area contributed by atoms with Gasteiger partial charge in [-0.05, 0) is 85.7 Å². The SMILES string of the molecule is CCCCCCCCCC(=O)OC1CC[C@H]2[C@@H]3C(C)C(C)C4=C(C)C(=O)CC(C)[C@]4(C=O)[C@@H]3CC[C@]12C. The maximum atomic E-state index is 13.1. The summed E-state index contributed by atoms with van der Waals surface area (Å²) in [7, 11) is 0. The number of allylic oxidation sites excluding steroid dienone is 1. The number of ketones is 1. The second-order valence-corrected chi connectivity index (χ2v) is 13.5. The number of fused-ring (bicyclic) bond motifs is 5. The fourth-order valence-corrected chi connectivity index (χ4v) is 9.58. The summed E-state index contributed by atoms with van der Waals surface area (Å²) in [6.45, 7) is 13.3. The average Bonchev–Trinajstić information content (AvgIpc) is 3.19. The molecule has 4 nitrogen and oxygen atoms in total. The Labute approximate surface area is 225 Å². The van der Waals surface area contributed by atoms with Gasteiger partial charge >= 0.3 is 5.97 Å². The van der Waals surface area contributed by atoms with E-state index in [1.807, 2.05) is 6.92 Å². The standard InChI is InChI=1S/C33H52O4/c1-7-8-9-10-11-12-13-14-29(36)37-28-16-15-25-30-22(3)23(4)31-24(5)27(35)19-21(2)33(31,20-34)26(30)17-18-32(25,28)6/h20-23,25-26,28,30H,7-19H2,1-6H3/t21?,22?,23?,25-,26+,28?,30-,32-,33+/m0/s1. The molecule has 4 aliphatic carbocycles. The molecule has 4 rings (SSSR count). The number of carbonyl (C=O) groups is 3. The van der Waals surface area contributed by atoms with Crippen LogP contribution in [0.25, 0.3) is 0 Å². The summed E-state index contributed by atoms with van der Waals surface area (Å²) in [5.41, 5.74) is 1.49. The van der Waals surface area contributed by atoms with Gasteiger partial charge < -0.3 is 9.53 Å². The number of aldehydes is 1. The van der Waals surface area contributed by atoms with Gasteiger partial charge in [0.05, 0.1) is 5.41 Å². The molecule has 0 amide bonds. The van der Waals surface area contributed by atoms with E-state index >= 15 is 0 Å². The maximum Gasteiger partial charge on any atom is 0.306 e. The van der Waals surface area contributed by atoms with Crippen molar-refractivity contribution in [1.82, 2.24) is 0 Å². The van der Waals surface area contributed by atoms with E-state index in [1.165, 1.54) is 38.4 Å². The molecule has 0 bridgehead atoms. The lowest BCUT2D eigenvalue weighted by Gasteiger charge is -2.62. The normalized spacial score (nSPS) is 41.1. The molecule has 0 aromatic heterocycles. The first-order valence-electron chi connectivity index (χ1n) is 15.5. The molecule has 0 aromatic carbocycles. The summed E-state index contributed by atoms with van der Waals surface area (Å²) in [4.78, 5) is 38.7. The van der Waals surface area contributed by atoms with Crippen LogP contribution in [0.1, 0.15) is 125 Å². The molecule has 3 fully saturated rings. The number of hydrogen-bond acceptors (Lipinski definition) is 4. The molecule has 0 spiro atoms. The molecule has 0 aromatic rings. The van der Waals surface area contributed by atoms with Gasteiger partial charge in [0.15, 0.2) is 5.78 Å². The summed E-state index contributed by atoms with van der Waals surface area (Å²) < 4.78 is 6.22. The van der Waals surface area contributed by atoms with Crippen LogP contribution in [-0.4, -0.2) is 24.1 Å². The van der Waals surface area contributed by atoms with Crippen molar-refractivity contribution in [2.75, 3.05) is 0 Å². The van der Waals surface area contributed by atoms with Gasteiger partial charge in [0.25, 0.3) is 0 Å². The van der Waals surface area contributed by atoms with E-state index < -0.39 is 5.41 Å². The lowest BCUT2D eigenvalue weighted by molar-refractivity contribution is -0.164. The van der Waals surface area contributed by atoms with Crippen molar-refractivity contribution < 1.29 is 19.1 Å². The van der Waals surface area contributed by atoms with E-state index in [-0.39, 0.29) is 41.0 Å². The summed E-state index contributed by atoms with van der Waals surface area (Å²) in [5, 5.41) is 0. The zero-order valence-corrected chi connectivity index (χ0v) is 24.4. The first kappa shape index (κ1) is 28.6. The van der Waals surface area contributed by atoms with Crippen molar-refractivity contribution in [3.05, 3.63) is 11.1 Å². The number of ether oxygens (including phenoxy) is 1. The predicted octanol–water partition coefficient (Wildman–Crippen LogP) is 7.88. The van der Waals surface area contributed by atoms with E-state index in [2.05, 4.69) is 34.6 Å². The first-order chi connectivity index (χ1) is 17.6. The van der Waals surface area contributed by atoms with Gasteiger partial charge in [-0.15, -0.1) is 0 Å². The second kappa shape index (κ2) is 11.3. The largest absolute Gasteiger partial charge is 0.462 e. The second-order valence-electron chi connectivity index (χ2n) is 13.5. The van der Waals surface area contributed by atoms with Crippen molar-refractivity contribution >= 4 is 18.0 Å². The Hall–Kier alpha value is -1.45. The van der Waals surface area contributed by atoms with E-state index in [9.17, 15) is 14.4 Å². The number of carbonyl (C=O) groups excluding carboxylic acids is 3. The van der Waals surface area contributed by atoms with Crippen LogP contribution in [0.4, 0.5) is 0 Å². The monoisotopic (exact) mass is 512 g/mol. The molecular weight excluding hydrogens is 460 g/mol. The lowest BCUT2D eigenvalue weighted by Crippen LogP contribution is -2.60. The van der Waals surface area contributed by atoms with Crippen molar-refractivity contribution in [2.24, 2.45) is 46.3 Å². The van der Waals surface area contributed by atoms with Crippen molar-refractivity contribution in [3.8, 4) is 0 Å². The van der Waals surface area contributed by atoms with Crippen molar-refractivity contribution in [1.29, 1.82) is 0 Å². The summed E-state index contributed by atoms with van der Waals surface area (Å²) in [5.74, 6) is 2.07. The van der Waals surface area contributed by atoms with E-state index in [4.69, 9.17) is 4.74 Å². The van der Waals surface area contributed by atoms with Gasteiger partial charge in [0.1, 0.15) is 12.4 Å². The van der Waals surface area contributed by atoms with Crippen LogP contribution in [0, 0.1) is 46.3 Å². The Bertz CT molecular complexity index is 904. The third-order valence-electron chi connectivity index (χ3n) is 11.8. The zero-order chi connectivity index (χ0) is 27.0. The third kappa shape index (κ3) is 4.78. The van der Waals surface area contributed by atoms with Gasteiger partial charge in [-0.1, -0.05) is 73.1 Å². The van der Waals surface area contributed by atoms with Gasteiger partial charge in [0.2, 0.25) is 0 Å². The van der Waals surface area contributed by atoms with Gasteiger partial charge in [-0.3, -0.25) is 9.59 Å². The van der Waals surface area contributed by atoms with Crippen LogP contribution in [-0.2, 0) is 19.1 Å². The predicted molar refractivity (Wildman–Crippen MR) is 148 cm³/mol. The molecule has 4 unspecified atom stereocenters. The molecule has 9 atom stereocenters. The molecule has 208 valence electrons. The highest BCUT2D eigenvalue weighted by Crippen LogP contribution is 2.69. The Balaban J connectivity index is 1.47. The Morgan fingerprint density at radius 1 is 1.00 bits per heavy atom. The number of Topliss-reactive ketones (excluding diaryl/α,β-unsaturated/α-hetero) is 1. The minimum Gasteiger partial charge on any atom is -0.462 e. The van der Waals surface area contributed by atoms with Crippen LogP contribution in [0.5, 0.6) is 0 Å². The van der Waals surface area contributed by atoms with E-state index in [0.717, 1.165) is 49.7 Å². The smallest absolute Gasteiger partial charge is 0.306 e. The minimum atomic E-state index is -0.512. The van der Waals surface area contributed by atoms with E-state index in [0.29, 0.717) is 30.6 Å². The topological polar surface area (TPSA) is 60.4 Å².